The van der Waals surface area contributed by atoms with Crippen LogP contribution in [0, 0.1) is 0 Å². The zero-order chi connectivity index (χ0) is 20.6. The Labute approximate surface area is 179 Å². The predicted octanol–water partition coefficient (Wildman–Crippen LogP) is 5.99. The van der Waals surface area contributed by atoms with E-state index in [0.29, 0.717) is 6.61 Å². The molecule has 158 valence electrons. The zero-order valence-electron chi connectivity index (χ0n) is 18.2. The van der Waals surface area contributed by atoms with Crippen LogP contribution in [0.5, 0.6) is 0 Å². The van der Waals surface area contributed by atoms with E-state index in [1.54, 1.807) is 0 Å². The molecule has 2 aromatic carbocycles. The molecule has 2 rings (SSSR count). The van der Waals surface area contributed by atoms with Crippen molar-refractivity contribution >= 4 is 18.9 Å². The fraction of sp³-hybridized carbons (Fsp3) is 0.462. The van der Waals surface area contributed by atoms with Gasteiger partial charge in [-0.2, -0.15) is 0 Å². The van der Waals surface area contributed by atoms with Gasteiger partial charge in [-0.25, -0.2) is 0 Å². The lowest BCUT2D eigenvalue weighted by atomic mass is 10.1. The van der Waals surface area contributed by atoms with Gasteiger partial charge in [0.1, 0.15) is 0 Å². The smallest absolute Gasteiger partial charge is 0.388 e. The second-order valence-corrected chi connectivity index (χ2v) is 10.6. The van der Waals surface area contributed by atoms with Gasteiger partial charge in [-0.1, -0.05) is 119 Å². The average Bonchev–Trinajstić information content (AvgIpc) is 2.78. The molecule has 0 aromatic heterocycles. The van der Waals surface area contributed by atoms with Gasteiger partial charge in [-0.05, 0) is 23.2 Å². The van der Waals surface area contributed by atoms with Crippen LogP contribution in [0.25, 0.3) is 0 Å². The number of unbranched alkanes of at least 4 members (excludes halogenated alkanes) is 7. The van der Waals surface area contributed by atoms with Crippen LogP contribution in [0.15, 0.2) is 73.3 Å². The van der Waals surface area contributed by atoms with Gasteiger partial charge in [0.2, 0.25) is 0 Å². The first-order chi connectivity index (χ1) is 14.3. The van der Waals surface area contributed by atoms with Gasteiger partial charge in [-0.3, -0.25) is 0 Å². The summed E-state index contributed by atoms with van der Waals surface area (Å²) >= 11 is 0. The lowest BCUT2D eigenvalue weighted by Crippen LogP contribution is -2.63. The molecule has 2 aromatic rings. The molecule has 0 bridgehead atoms. The highest BCUT2D eigenvalue weighted by molar-refractivity contribution is 6.92. The third-order valence-electron chi connectivity index (χ3n) is 5.24. The first-order valence-corrected chi connectivity index (χ1v) is 13.1. The van der Waals surface area contributed by atoms with Crippen molar-refractivity contribution in [2.75, 3.05) is 13.2 Å². The Bertz CT molecular complexity index is 617. The van der Waals surface area contributed by atoms with Crippen LogP contribution >= 0.6 is 0 Å². The first kappa shape index (κ1) is 23.6. The second kappa shape index (κ2) is 14.3. The molecule has 0 amide bonds. The maximum Gasteiger partial charge on any atom is 0.407 e. The molecule has 0 aliphatic carbocycles. The van der Waals surface area contributed by atoms with Crippen molar-refractivity contribution in [3.05, 3.63) is 73.3 Å². The van der Waals surface area contributed by atoms with Gasteiger partial charge in [0.25, 0.3) is 0 Å². The number of hydrogen-bond donors (Lipinski definition) is 0. The van der Waals surface area contributed by atoms with E-state index in [4.69, 9.17) is 8.85 Å². The zero-order valence-corrected chi connectivity index (χ0v) is 19.2. The molecule has 0 aliphatic heterocycles. The van der Waals surface area contributed by atoms with Gasteiger partial charge < -0.3 is 8.85 Å². The highest BCUT2D eigenvalue weighted by Gasteiger charge is 2.42. The topological polar surface area (TPSA) is 18.5 Å². The van der Waals surface area contributed by atoms with Crippen molar-refractivity contribution < 1.29 is 8.85 Å². The number of benzene rings is 2. The Balaban J connectivity index is 2.03. The molecule has 0 radical (unpaired) electrons. The average molecular weight is 411 g/mol. The lowest BCUT2D eigenvalue weighted by molar-refractivity contribution is 0.190. The minimum absolute atomic E-state index is 0.636. The van der Waals surface area contributed by atoms with Gasteiger partial charge in [-0.15, -0.1) is 6.58 Å². The van der Waals surface area contributed by atoms with E-state index >= 15 is 0 Å². The minimum Gasteiger partial charge on any atom is -0.388 e. The van der Waals surface area contributed by atoms with E-state index in [1.165, 1.54) is 55.3 Å². The summed E-state index contributed by atoms with van der Waals surface area (Å²) in [4.78, 5) is 0. The molecule has 0 unspecified atom stereocenters. The molecular formula is C26H38O2Si. The van der Waals surface area contributed by atoms with Crippen LogP contribution in [-0.2, 0) is 8.85 Å². The Morgan fingerprint density at radius 1 is 0.690 bits per heavy atom. The summed E-state index contributed by atoms with van der Waals surface area (Å²) in [6.07, 6.45) is 13.1. The van der Waals surface area contributed by atoms with E-state index in [2.05, 4.69) is 74.2 Å². The first-order valence-electron chi connectivity index (χ1n) is 11.3. The van der Waals surface area contributed by atoms with Crippen LogP contribution in [0.1, 0.15) is 64.7 Å². The highest BCUT2D eigenvalue weighted by Crippen LogP contribution is 2.14. The largest absolute Gasteiger partial charge is 0.407 e. The predicted molar refractivity (Wildman–Crippen MR) is 127 cm³/mol. The Kier molecular flexibility index (Phi) is 11.7. The lowest BCUT2D eigenvalue weighted by Gasteiger charge is -2.31. The summed E-state index contributed by atoms with van der Waals surface area (Å²) in [7, 11) is -2.72. The summed E-state index contributed by atoms with van der Waals surface area (Å²) in [6.45, 7) is 7.50. The molecule has 0 N–H and O–H groups in total. The standard InChI is InChI=1S/C26H38O2Si/c1-3-5-7-8-9-10-11-18-24-28-29(27-23-6-4-2,25-19-14-12-15-20-25)26-21-16-13-17-22-26/h4,12-17,19-22H,2-3,5-11,18,23-24H2,1H3. The van der Waals surface area contributed by atoms with Gasteiger partial charge in [0, 0.05) is 13.2 Å². The molecule has 0 heterocycles. The van der Waals surface area contributed by atoms with Crippen LogP contribution in [0.3, 0.4) is 0 Å². The molecule has 0 spiro atoms. The number of hydrogen-bond acceptors (Lipinski definition) is 2. The van der Waals surface area contributed by atoms with E-state index in [9.17, 15) is 0 Å². The van der Waals surface area contributed by atoms with E-state index in [0.717, 1.165) is 19.4 Å². The fourth-order valence-corrected chi connectivity index (χ4v) is 6.78. The van der Waals surface area contributed by atoms with E-state index in [1.807, 2.05) is 6.08 Å². The van der Waals surface area contributed by atoms with Crippen molar-refractivity contribution in [3.63, 3.8) is 0 Å². The fourth-order valence-electron chi connectivity index (χ4n) is 3.59. The van der Waals surface area contributed by atoms with Crippen LogP contribution in [0.4, 0.5) is 0 Å². The monoisotopic (exact) mass is 410 g/mol. The van der Waals surface area contributed by atoms with Gasteiger partial charge in [0.15, 0.2) is 0 Å². The molecule has 0 saturated carbocycles. The molecule has 0 fully saturated rings. The van der Waals surface area contributed by atoms with Crippen molar-refractivity contribution in [2.45, 2.75) is 64.7 Å². The van der Waals surface area contributed by atoms with Gasteiger partial charge in [0.05, 0.1) is 0 Å². The molecule has 0 saturated heterocycles. The summed E-state index contributed by atoms with van der Waals surface area (Å²) in [5, 5.41) is 2.35. The summed E-state index contributed by atoms with van der Waals surface area (Å²) in [5.41, 5.74) is 0. The number of rotatable bonds is 16. The molecule has 3 heteroatoms. The Morgan fingerprint density at radius 3 is 1.69 bits per heavy atom. The maximum absolute atomic E-state index is 6.68. The van der Waals surface area contributed by atoms with Crippen LogP contribution in [0.2, 0.25) is 0 Å². The summed E-state index contributed by atoms with van der Waals surface area (Å²) < 4.78 is 13.2. The van der Waals surface area contributed by atoms with Crippen molar-refractivity contribution in [2.24, 2.45) is 0 Å². The van der Waals surface area contributed by atoms with Crippen molar-refractivity contribution in [1.29, 1.82) is 0 Å². The second-order valence-electron chi connectivity index (χ2n) is 7.60. The third kappa shape index (κ3) is 7.92. The summed E-state index contributed by atoms with van der Waals surface area (Å²) in [5.74, 6) is 0. The molecule has 2 nitrogen and oxygen atoms in total. The van der Waals surface area contributed by atoms with Crippen LogP contribution < -0.4 is 10.4 Å². The molecular weight excluding hydrogens is 372 g/mol. The highest BCUT2D eigenvalue weighted by atomic mass is 28.4. The normalized spacial score (nSPS) is 11.5. The molecule has 0 aliphatic rings. The van der Waals surface area contributed by atoms with Crippen LogP contribution in [-0.4, -0.2) is 21.8 Å². The maximum atomic E-state index is 6.68. The molecule has 29 heavy (non-hydrogen) atoms. The van der Waals surface area contributed by atoms with E-state index < -0.39 is 8.56 Å². The van der Waals surface area contributed by atoms with Gasteiger partial charge >= 0.3 is 8.56 Å². The summed E-state index contributed by atoms with van der Waals surface area (Å²) in [6, 6.07) is 21.0. The SMILES string of the molecule is C=CCCO[Si](OCCCCCCCCCC)(c1ccccc1)c1ccccc1. The third-order valence-corrected chi connectivity index (χ3v) is 8.65. The Hall–Kier alpha value is -1.68. The van der Waals surface area contributed by atoms with Crippen molar-refractivity contribution in [3.8, 4) is 0 Å². The molecule has 0 atom stereocenters. The van der Waals surface area contributed by atoms with E-state index in [-0.39, 0.29) is 0 Å². The van der Waals surface area contributed by atoms with Crippen molar-refractivity contribution in [1.82, 2.24) is 0 Å². The quantitative estimate of drug-likeness (QED) is 0.192. The minimum atomic E-state index is -2.72. The Morgan fingerprint density at radius 2 is 1.17 bits per heavy atom.